The highest BCUT2D eigenvalue weighted by Crippen LogP contribution is 2.15. The minimum atomic E-state index is -0.887. The van der Waals surface area contributed by atoms with Crippen LogP contribution in [-0.4, -0.2) is 29.6 Å². The summed E-state index contributed by atoms with van der Waals surface area (Å²) >= 11 is 0. The van der Waals surface area contributed by atoms with Gasteiger partial charge in [-0.1, -0.05) is 13.8 Å². The summed E-state index contributed by atoms with van der Waals surface area (Å²) in [5, 5.41) is 21.5. The number of nitriles is 1. The fraction of sp³-hybridized carbons (Fsp3) is 0.615. The van der Waals surface area contributed by atoms with Crippen LogP contribution in [0.1, 0.15) is 34.1 Å². The normalized spacial score (nSPS) is 13.3. The number of nitrogens with zero attached hydrogens (tertiary/aromatic N) is 1. The van der Waals surface area contributed by atoms with E-state index in [0.717, 1.165) is 0 Å². The van der Waals surface area contributed by atoms with Crippen LogP contribution in [0, 0.1) is 17.2 Å². The van der Waals surface area contributed by atoms with Gasteiger partial charge in [0.1, 0.15) is 11.8 Å². The van der Waals surface area contributed by atoms with Crippen molar-refractivity contribution in [3.05, 3.63) is 11.3 Å². The molecule has 0 spiro atoms. The smallest absolute Gasteiger partial charge is 0.352 e. The summed E-state index contributed by atoms with van der Waals surface area (Å²) in [5.74, 6) is -1.52. The zero-order valence-corrected chi connectivity index (χ0v) is 11.7. The maximum atomic E-state index is 11.5. The van der Waals surface area contributed by atoms with Crippen molar-refractivity contribution in [1.29, 1.82) is 5.26 Å². The lowest BCUT2D eigenvalue weighted by molar-refractivity contribution is -0.138. The second kappa shape index (κ2) is 8.14. The zero-order valence-electron chi connectivity index (χ0n) is 11.7. The Morgan fingerprint density at radius 2 is 2.00 bits per heavy atom. The molecule has 2 N–H and O–H groups in total. The molecule has 0 saturated carbocycles. The minimum Gasteiger partial charge on any atom is -0.508 e. The average molecular weight is 268 g/mol. The first kappa shape index (κ1) is 17.0. The van der Waals surface area contributed by atoms with Crippen molar-refractivity contribution in [2.75, 3.05) is 6.61 Å². The SMILES string of the molecule is CCOC(=O)/C(C#N)=C(\O)C(CC(C)C)NC(C)=O. The molecule has 0 aliphatic heterocycles. The van der Waals surface area contributed by atoms with Crippen molar-refractivity contribution in [3.8, 4) is 6.07 Å². The Bertz CT molecular complexity index is 407. The van der Waals surface area contributed by atoms with Crippen LogP contribution < -0.4 is 5.32 Å². The molecule has 1 atom stereocenters. The topological polar surface area (TPSA) is 99.4 Å². The van der Waals surface area contributed by atoms with Gasteiger partial charge in [-0.25, -0.2) is 4.79 Å². The monoisotopic (exact) mass is 268 g/mol. The van der Waals surface area contributed by atoms with E-state index in [0.29, 0.717) is 6.42 Å². The van der Waals surface area contributed by atoms with E-state index in [1.54, 1.807) is 13.0 Å². The second-order valence-corrected chi connectivity index (χ2v) is 4.48. The molecular formula is C13H20N2O4. The van der Waals surface area contributed by atoms with Crippen molar-refractivity contribution in [2.45, 2.75) is 40.2 Å². The Morgan fingerprint density at radius 1 is 1.42 bits per heavy atom. The van der Waals surface area contributed by atoms with E-state index in [4.69, 9.17) is 5.26 Å². The van der Waals surface area contributed by atoms with Gasteiger partial charge < -0.3 is 15.2 Å². The number of ether oxygens (including phenoxy) is 1. The van der Waals surface area contributed by atoms with E-state index in [1.165, 1.54) is 6.92 Å². The van der Waals surface area contributed by atoms with Gasteiger partial charge in [-0.3, -0.25) is 4.79 Å². The van der Waals surface area contributed by atoms with Crippen LogP contribution in [0.4, 0.5) is 0 Å². The number of carbonyl (C=O) groups is 2. The van der Waals surface area contributed by atoms with Crippen LogP contribution in [0.5, 0.6) is 0 Å². The summed E-state index contributed by atoms with van der Waals surface area (Å²) in [5.41, 5.74) is -0.471. The number of esters is 1. The fourth-order valence-electron chi connectivity index (χ4n) is 1.54. The molecule has 0 bridgehead atoms. The zero-order chi connectivity index (χ0) is 15.0. The Balaban J connectivity index is 5.31. The number of amides is 1. The summed E-state index contributed by atoms with van der Waals surface area (Å²) in [6.07, 6.45) is 0.413. The Labute approximate surface area is 113 Å². The van der Waals surface area contributed by atoms with Gasteiger partial charge in [-0.15, -0.1) is 0 Å². The third-order valence-corrected chi connectivity index (χ3v) is 2.26. The molecule has 6 nitrogen and oxygen atoms in total. The highest BCUT2D eigenvalue weighted by Gasteiger charge is 2.24. The Morgan fingerprint density at radius 3 is 2.37 bits per heavy atom. The number of aliphatic hydroxyl groups is 1. The first-order valence-electron chi connectivity index (χ1n) is 6.10. The molecule has 106 valence electrons. The minimum absolute atomic E-state index is 0.103. The molecule has 0 aliphatic rings. The quantitative estimate of drug-likeness (QED) is 0.328. The molecule has 1 unspecified atom stereocenters. The predicted molar refractivity (Wildman–Crippen MR) is 69.0 cm³/mol. The summed E-state index contributed by atoms with van der Waals surface area (Å²) in [4.78, 5) is 22.6. The first-order chi connectivity index (χ1) is 8.83. The van der Waals surface area contributed by atoms with Crippen LogP contribution in [0.3, 0.4) is 0 Å². The van der Waals surface area contributed by atoms with Gasteiger partial charge in [0.2, 0.25) is 5.91 Å². The molecule has 0 aromatic carbocycles. The molecule has 0 radical (unpaired) electrons. The maximum Gasteiger partial charge on any atom is 0.352 e. The Hall–Kier alpha value is -2.03. The third-order valence-electron chi connectivity index (χ3n) is 2.26. The van der Waals surface area contributed by atoms with Crippen LogP contribution in [0.2, 0.25) is 0 Å². The van der Waals surface area contributed by atoms with Gasteiger partial charge >= 0.3 is 5.97 Å². The summed E-state index contributed by atoms with van der Waals surface area (Å²) in [6, 6.07) is 0.850. The summed E-state index contributed by atoms with van der Waals surface area (Å²) in [7, 11) is 0. The molecule has 19 heavy (non-hydrogen) atoms. The third kappa shape index (κ3) is 5.91. The summed E-state index contributed by atoms with van der Waals surface area (Å²) < 4.78 is 4.68. The molecule has 0 aromatic heterocycles. The highest BCUT2D eigenvalue weighted by molar-refractivity contribution is 5.93. The van der Waals surface area contributed by atoms with Gasteiger partial charge in [0.05, 0.1) is 12.6 Å². The highest BCUT2D eigenvalue weighted by atomic mass is 16.5. The number of hydrogen-bond acceptors (Lipinski definition) is 5. The molecule has 0 aliphatic carbocycles. The van der Waals surface area contributed by atoms with Crippen molar-refractivity contribution in [2.24, 2.45) is 5.92 Å². The number of carbonyl (C=O) groups excluding carboxylic acids is 2. The lowest BCUT2D eigenvalue weighted by atomic mass is 9.99. The van der Waals surface area contributed by atoms with E-state index in [1.807, 2.05) is 13.8 Å². The van der Waals surface area contributed by atoms with E-state index >= 15 is 0 Å². The maximum absolute atomic E-state index is 11.5. The Kier molecular flexibility index (Phi) is 7.27. The van der Waals surface area contributed by atoms with Crippen LogP contribution in [-0.2, 0) is 14.3 Å². The van der Waals surface area contributed by atoms with Crippen molar-refractivity contribution in [1.82, 2.24) is 5.32 Å². The van der Waals surface area contributed by atoms with E-state index in [-0.39, 0.29) is 18.4 Å². The van der Waals surface area contributed by atoms with Gasteiger partial charge in [0.25, 0.3) is 0 Å². The summed E-state index contributed by atoms with van der Waals surface area (Å²) in [6.45, 7) is 6.81. The van der Waals surface area contributed by atoms with Gasteiger partial charge in [0.15, 0.2) is 5.57 Å². The first-order valence-corrected chi connectivity index (χ1v) is 6.10. The molecule has 0 aromatic rings. The number of hydrogen-bond donors (Lipinski definition) is 2. The van der Waals surface area contributed by atoms with Gasteiger partial charge in [-0.05, 0) is 19.3 Å². The van der Waals surface area contributed by atoms with E-state index < -0.39 is 23.3 Å². The number of aliphatic hydroxyl groups excluding tert-OH is 1. The van der Waals surface area contributed by atoms with Crippen molar-refractivity contribution >= 4 is 11.9 Å². The molecular weight excluding hydrogens is 248 g/mol. The van der Waals surface area contributed by atoms with Gasteiger partial charge in [-0.2, -0.15) is 5.26 Å². The van der Waals surface area contributed by atoms with Crippen molar-refractivity contribution in [3.63, 3.8) is 0 Å². The standard InChI is InChI=1S/C13H20N2O4/c1-5-19-13(18)10(7-14)12(17)11(6-8(2)3)15-9(4)16/h8,11,17H,5-6H2,1-4H3,(H,15,16)/b12-10-. The lowest BCUT2D eigenvalue weighted by Gasteiger charge is -2.19. The largest absolute Gasteiger partial charge is 0.508 e. The van der Waals surface area contributed by atoms with Gasteiger partial charge in [0, 0.05) is 6.92 Å². The second-order valence-electron chi connectivity index (χ2n) is 4.48. The molecule has 0 heterocycles. The molecule has 6 heteroatoms. The fourth-order valence-corrected chi connectivity index (χ4v) is 1.54. The van der Waals surface area contributed by atoms with Crippen LogP contribution in [0.25, 0.3) is 0 Å². The van der Waals surface area contributed by atoms with Crippen LogP contribution >= 0.6 is 0 Å². The average Bonchev–Trinajstić information content (AvgIpc) is 2.28. The lowest BCUT2D eigenvalue weighted by Crippen LogP contribution is -2.37. The van der Waals surface area contributed by atoms with Crippen LogP contribution in [0.15, 0.2) is 11.3 Å². The molecule has 0 saturated heterocycles. The molecule has 1 amide bonds. The van der Waals surface area contributed by atoms with E-state index in [9.17, 15) is 14.7 Å². The van der Waals surface area contributed by atoms with E-state index in [2.05, 4.69) is 10.1 Å². The number of nitrogens with one attached hydrogen (secondary N) is 1. The van der Waals surface area contributed by atoms with Crippen molar-refractivity contribution < 1.29 is 19.4 Å². The molecule has 0 fully saturated rings. The number of rotatable bonds is 6. The molecule has 0 rings (SSSR count). The predicted octanol–water partition coefficient (Wildman–Crippen LogP) is 1.44.